The van der Waals surface area contributed by atoms with Crippen molar-refractivity contribution in [3.8, 4) is 44.5 Å². The monoisotopic (exact) mass is 749 g/mol. The summed E-state index contributed by atoms with van der Waals surface area (Å²) in [6.45, 7) is 0. The molecule has 0 aliphatic carbocycles. The second kappa shape index (κ2) is 14.6. The first-order chi connectivity index (χ1) is 29.3. The van der Waals surface area contributed by atoms with E-state index in [2.05, 4.69) is 241 Å². The quantitative estimate of drug-likeness (QED) is 0.147. The number of benzene rings is 11. The van der Waals surface area contributed by atoms with Crippen molar-refractivity contribution in [2.45, 2.75) is 0 Å². The van der Waals surface area contributed by atoms with E-state index in [0.29, 0.717) is 0 Å². The standard InChI is InChI=1S/C58H39N/c1-3-15-40(16-4-1)44-31-36-58(57(37-44)41-17-5-2-6-18-41)59(47-32-27-42(28-33-47)55-38-45-19-7-9-21-49(45)51-23-11-13-25-53(51)55)48-34-29-43(30-35-48)56-39-46-20-8-10-22-50(46)52-24-12-14-26-54(52)56/h1-39H. The fourth-order valence-electron chi connectivity index (χ4n) is 8.98. The third-order valence-corrected chi connectivity index (χ3v) is 11.8. The van der Waals surface area contributed by atoms with Crippen LogP contribution in [-0.4, -0.2) is 0 Å². The van der Waals surface area contributed by atoms with Gasteiger partial charge in [0.25, 0.3) is 0 Å². The Kier molecular flexibility index (Phi) is 8.56. The van der Waals surface area contributed by atoms with E-state index in [0.717, 1.165) is 17.1 Å². The van der Waals surface area contributed by atoms with Crippen molar-refractivity contribution in [1.82, 2.24) is 0 Å². The zero-order chi connectivity index (χ0) is 39.1. The second-order valence-electron chi connectivity index (χ2n) is 15.3. The zero-order valence-electron chi connectivity index (χ0n) is 32.5. The maximum atomic E-state index is 2.42. The Morgan fingerprint density at radius 2 is 0.593 bits per heavy atom. The van der Waals surface area contributed by atoms with Gasteiger partial charge < -0.3 is 4.90 Å². The molecule has 0 heterocycles. The third kappa shape index (κ3) is 6.21. The molecule has 11 rings (SSSR count). The van der Waals surface area contributed by atoms with E-state index < -0.39 is 0 Å². The van der Waals surface area contributed by atoms with E-state index in [1.165, 1.54) is 87.6 Å². The van der Waals surface area contributed by atoms with Gasteiger partial charge in [-0.15, -0.1) is 0 Å². The first kappa shape index (κ1) is 34.5. The minimum Gasteiger partial charge on any atom is -0.310 e. The second-order valence-corrected chi connectivity index (χ2v) is 15.3. The molecule has 0 bridgehead atoms. The summed E-state index contributed by atoms with van der Waals surface area (Å²) in [5.41, 5.74) is 12.9. The summed E-state index contributed by atoms with van der Waals surface area (Å²) in [5, 5.41) is 10.1. The molecule has 0 amide bonds. The lowest BCUT2D eigenvalue weighted by Crippen LogP contribution is -2.11. The van der Waals surface area contributed by atoms with Gasteiger partial charge in [-0.2, -0.15) is 0 Å². The van der Waals surface area contributed by atoms with Gasteiger partial charge in [0, 0.05) is 16.9 Å². The molecular weight excluding hydrogens is 711 g/mol. The fourth-order valence-corrected chi connectivity index (χ4v) is 8.98. The van der Waals surface area contributed by atoms with Crippen LogP contribution in [0.4, 0.5) is 17.1 Å². The summed E-state index contributed by atoms with van der Waals surface area (Å²) < 4.78 is 0. The molecule has 59 heavy (non-hydrogen) atoms. The summed E-state index contributed by atoms with van der Waals surface area (Å²) in [7, 11) is 0. The minimum atomic E-state index is 1.09. The van der Waals surface area contributed by atoms with E-state index in [1.54, 1.807) is 0 Å². The van der Waals surface area contributed by atoms with Crippen molar-refractivity contribution in [2.24, 2.45) is 0 Å². The van der Waals surface area contributed by atoms with Crippen LogP contribution in [0, 0.1) is 0 Å². The van der Waals surface area contributed by atoms with Gasteiger partial charge in [0.15, 0.2) is 0 Å². The summed E-state index contributed by atoms with van der Waals surface area (Å²) in [6.07, 6.45) is 0. The van der Waals surface area contributed by atoms with E-state index in [9.17, 15) is 0 Å². The van der Waals surface area contributed by atoms with Crippen molar-refractivity contribution in [3.05, 3.63) is 237 Å². The van der Waals surface area contributed by atoms with Gasteiger partial charge >= 0.3 is 0 Å². The fraction of sp³-hybridized carbons (Fsp3) is 0. The molecule has 0 aromatic heterocycles. The van der Waals surface area contributed by atoms with Crippen LogP contribution in [0.2, 0.25) is 0 Å². The Hall–Kier alpha value is -7.74. The summed E-state index contributed by atoms with van der Waals surface area (Å²) in [4.78, 5) is 2.42. The lowest BCUT2D eigenvalue weighted by Gasteiger charge is -2.29. The van der Waals surface area contributed by atoms with Gasteiger partial charge in [-0.05, 0) is 131 Å². The van der Waals surface area contributed by atoms with Gasteiger partial charge in [0.05, 0.1) is 5.69 Å². The maximum Gasteiger partial charge on any atom is 0.0540 e. The van der Waals surface area contributed by atoms with E-state index >= 15 is 0 Å². The Labute approximate surface area is 344 Å². The molecule has 1 nitrogen and oxygen atoms in total. The first-order valence-corrected chi connectivity index (χ1v) is 20.3. The van der Waals surface area contributed by atoms with Gasteiger partial charge in [-0.1, -0.05) is 188 Å². The average Bonchev–Trinajstić information content (AvgIpc) is 3.32. The molecule has 11 aromatic rings. The topological polar surface area (TPSA) is 3.24 Å². The van der Waals surface area contributed by atoms with E-state index in [1.807, 2.05) is 0 Å². The molecule has 0 spiro atoms. The molecule has 0 aliphatic rings. The summed E-state index contributed by atoms with van der Waals surface area (Å²) >= 11 is 0. The van der Waals surface area contributed by atoms with Crippen molar-refractivity contribution in [3.63, 3.8) is 0 Å². The highest BCUT2D eigenvalue weighted by Crippen LogP contribution is 2.45. The van der Waals surface area contributed by atoms with Crippen LogP contribution < -0.4 is 4.90 Å². The Morgan fingerprint density at radius 3 is 1.08 bits per heavy atom. The maximum absolute atomic E-state index is 2.42. The van der Waals surface area contributed by atoms with Crippen LogP contribution in [-0.2, 0) is 0 Å². The predicted octanol–water partition coefficient (Wildman–Crippen LogP) is 16.4. The number of anilines is 3. The van der Waals surface area contributed by atoms with Crippen LogP contribution in [0.15, 0.2) is 237 Å². The Bertz CT molecular complexity index is 3130. The molecule has 0 radical (unpaired) electrons. The normalized spacial score (nSPS) is 11.4. The van der Waals surface area contributed by atoms with Crippen LogP contribution in [0.1, 0.15) is 0 Å². The van der Waals surface area contributed by atoms with E-state index in [-0.39, 0.29) is 0 Å². The molecule has 11 aromatic carbocycles. The van der Waals surface area contributed by atoms with Gasteiger partial charge in [-0.25, -0.2) is 0 Å². The smallest absolute Gasteiger partial charge is 0.0540 e. The van der Waals surface area contributed by atoms with Gasteiger partial charge in [0.2, 0.25) is 0 Å². The van der Waals surface area contributed by atoms with Crippen molar-refractivity contribution in [1.29, 1.82) is 0 Å². The molecule has 276 valence electrons. The summed E-state index contributed by atoms with van der Waals surface area (Å²) in [6, 6.07) is 86.3. The van der Waals surface area contributed by atoms with Crippen LogP contribution in [0.3, 0.4) is 0 Å². The predicted molar refractivity (Wildman–Crippen MR) is 253 cm³/mol. The molecule has 0 aliphatic heterocycles. The molecule has 1 heteroatoms. The SMILES string of the molecule is c1ccc(-c2ccc(N(c3ccc(-c4cc5ccccc5c5ccccc45)cc3)c3ccc(-c4cc5ccccc5c5ccccc45)cc3)c(-c3ccccc3)c2)cc1. The number of rotatable bonds is 7. The summed E-state index contributed by atoms with van der Waals surface area (Å²) in [5.74, 6) is 0. The molecule has 0 atom stereocenters. The van der Waals surface area contributed by atoms with Crippen LogP contribution >= 0.6 is 0 Å². The number of fused-ring (bicyclic) bond motifs is 6. The van der Waals surface area contributed by atoms with E-state index in [4.69, 9.17) is 0 Å². The van der Waals surface area contributed by atoms with Gasteiger partial charge in [0.1, 0.15) is 0 Å². The van der Waals surface area contributed by atoms with Crippen LogP contribution in [0.25, 0.3) is 87.6 Å². The highest BCUT2D eigenvalue weighted by atomic mass is 15.1. The number of hydrogen-bond donors (Lipinski definition) is 0. The van der Waals surface area contributed by atoms with Crippen LogP contribution in [0.5, 0.6) is 0 Å². The Morgan fingerprint density at radius 1 is 0.220 bits per heavy atom. The van der Waals surface area contributed by atoms with Crippen molar-refractivity contribution >= 4 is 60.2 Å². The number of hydrogen-bond acceptors (Lipinski definition) is 1. The molecule has 0 N–H and O–H groups in total. The Balaban J connectivity index is 1.08. The van der Waals surface area contributed by atoms with Crippen molar-refractivity contribution in [2.75, 3.05) is 4.90 Å². The zero-order valence-corrected chi connectivity index (χ0v) is 32.5. The highest BCUT2D eigenvalue weighted by Gasteiger charge is 2.20. The largest absolute Gasteiger partial charge is 0.310 e. The molecule has 0 saturated carbocycles. The lowest BCUT2D eigenvalue weighted by atomic mass is 9.92. The molecule has 0 unspecified atom stereocenters. The lowest BCUT2D eigenvalue weighted by molar-refractivity contribution is 1.28. The third-order valence-electron chi connectivity index (χ3n) is 11.8. The van der Waals surface area contributed by atoms with Gasteiger partial charge in [-0.3, -0.25) is 0 Å². The minimum absolute atomic E-state index is 1.09. The molecular formula is C58H39N. The van der Waals surface area contributed by atoms with Crippen molar-refractivity contribution < 1.29 is 0 Å². The average molecular weight is 750 g/mol. The molecule has 0 fully saturated rings. The molecule has 0 saturated heterocycles. The highest BCUT2D eigenvalue weighted by molar-refractivity contribution is 6.15. The number of nitrogens with zero attached hydrogens (tertiary/aromatic N) is 1. The first-order valence-electron chi connectivity index (χ1n) is 20.3.